The van der Waals surface area contributed by atoms with E-state index in [-0.39, 0.29) is 0 Å². The third-order valence-corrected chi connectivity index (χ3v) is 2.81. The van der Waals surface area contributed by atoms with Gasteiger partial charge in [-0.05, 0) is 17.6 Å². The van der Waals surface area contributed by atoms with Gasteiger partial charge in [0.1, 0.15) is 11.7 Å². The van der Waals surface area contributed by atoms with E-state index in [1.807, 2.05) is 48.6 Å². The molecule has 0 heterocycles. The number of aldehydes is 1. The molecule has 0 fully saturated rings. The zero-order valence-corrected chi connectivity index (χ0v) is 8.89. The van der Waals surface area contributed by atoms with Crippen LogP contribution in [0.2, 0.25) is 0 Å². The minimum absolute atomic E-state index is 0.577. The molecule has 0 spiro atoms. The molecule has 1 nitrogen and oxygen atoms in total. The molecule has 0 amide bonds. The zero-order chi connectivity index (χ0) is 11.4. The highest BCUT2D eigenvalue weighted by Crippen LogP contribution is 2.30. The Morgan fingerprint density at radius 2 is 2.06 bits per heavy atom. The second kappa shape index (κ2) is 4.20. The van der Waals surface area contributed by atoms with Crippen LogP contribution in [0, 0.1) is 17.8 Å². The smallest absolute Gasteiger partial charge is 0.142 e. The Labute approximate surface area is 95.5 Å². The van der Waals surface area contributed by atoms with E-state index in [0.29, 0.717) is 6.42 Å². The third-order valence-electron chi connectivity index (χ3n) is 2.81. The van der Waals surface area contributed by atoms with Gasteiger partial charge in [0.05, 0.1) is 0 Å². The highest BCUT2D eigenvalue weighted by Gasteiger charge is 2.25. The number of carbonyl (C=O) groups is 1. The second-order valence-corrected chi connectivity index (χ2v) is 3.87. The molecule has 78 valence electrons. The number of allylic oxidation sites excluding steroid dienone is 4. The first kappa shape index (κ1) is 10.4. The lowest BCUT2D eigenvalue weighted by Gasteiger charge is -2.20. The normalized spacial score (nSPS) is 23.3. The maximum atomic E-state index is 10.9. The molecule has 1 aliphatic carbocycles. The lowest BCUT2D eigenvalue weighted by molar-refractivity contribution is -0.111. The molecule has 0 N–H and O–H groups in total. The van der Waals surface area contributed by atoms with Gasteiger partial charge in [0, 0.05) is 0 Å². The number of terminal acetylenes is 1. The molecule has 0 aliphatic heterocycles. The fourth-order valence-corrected chi connectivity index (χ4v) is 1.73. The summed E-state index contributed by atoms with van der Waals surface area (Å²) in [5.41, 5.74) is 1.53. The minimum Gasteiger partial charge on any atom is -0.301 e. The number of carbonyl (C=O) groups excluding carboxylic acids is 1. The van der Waals surface area contributed by atoms with E-state index < -0.39 is 5.41 Å². The summed E-state index contributed by atoms with van der Waals surface area (Å²) in [6.45, 7) is 0. The highest BCUT2D eigenvalue weighted by molar-refractivity contribution is 5.80. The van der Waals surface area contributed by atoms with Crippen molar-refractivity contribution in [2.45, 2.75) is 6.42 Å². The van der Waals surface area contributed by atoms with Gasteiger partial charge in [0.25, 0.3) is 0 Å². The molecule has 0 saturated heterocycles. The topological polar surface area (TPSA) is 17.1 Å². The average molecular weight is 208 g/mol. The monoisotopic (exact) mass is 208 g/mol. The van der Waals surface area contributed by atoms with Gasteiger partial charge in [-0.2, -0.15) is 0 Å². The molecule has 1 aromatic carbocycles. The van der Waals surface area contributed by atoms with Crippen LogP contribution in [0.5, 0.6) is 0 Å². The van der Waals surface area contributed by atoms with Gasteiger partial charge in [-0.25, -0.2) is 0 Å². The molecule has 2 rings (SSSR count). The van der Waals surface area contributed by atoms with Crippen molar-refractivity contribution < 1.29 is 4.79 Å². The third kappa shape index (κ3) is 1.83. The summed E-state index contributed by atoms with van der Waals surface area (Å²) in [7, 11) is 0. The Kier molecular flexibility index (Phi) is 2.74. The fraction of sp³-hybridized carbons (Fsp3) is 0.133. The molecular weight excluding hydrogens is 196 g/mol. The summed E-state index contributed by atoms with van der Waals surface area (Å²) in [4.78, 5) is 10.9. The first-order valence-electron chi connectivity index (χ1n) is 5.18. The Morgan fingerprint density at radius 1 is 1.31 bits per heavy atom. The summed E-state index contributed by atoms with van der Waals surface area (Å²) in [5.74, 6) is 2.54. The van der Waals surface area contributed by atoms with Crippen LogP contribution in [0.4, 0.5) is 0 Å². The Morgan fingerprint density at radius 3 is 2.56 bits per heavy atom. The molecule has 1 aromatic rings. The summed E-state index contributed by atoms with van der Waals surface area (Å²) < 4.78 is 0. The van der Waals surface area contributed by atoms with Crippen LogP contribution in [0.1, 0.15) is 12.0 Å². The summed E-state index contributed by atoms with van der Waals surface area (Å²) in [6, 6.07) is 10.0. The van der Waals surface area contributed by atoms with Crippen LogP contribution in [-0.4, -0.2) is 6.29 Å². The maximum absolute atomic E-state index is 10.9. The standard InChI is InChI=1S/C15H12O/c1-2-15(12-16)10-8-14(9-11-15)13-6-4-3-5-7-13/h1,3-10,12H,11H2. The number of benzene rings is 1. The predicted molar refractivity (Wildman–Crippen MR) is 65.5 cm³/mol. The van der Waals surface area contributed by atoms with Crippen LogP contribution >= 0.6 is 0 Å². The fourth-order valence-electron chi connectivity index (χ4n) is 1.73. The van der Waals surface area contributed by atoms with E-state index in [0.717, 1.165) is 17.4 Å². The van der Waals surface area contributed by atoms with E-state index in [2.05, 4.69) is 5.92 Å². The SMILES string of the molecule is C#CC1(C=O)C=CC(c2ccccc2)=CC1. The maximum Gasteiger partial charge on any atom is 0.142 e. The molecule has 1 heteroatoms. The summed E-state index contributed by atoms with van der Waals surface area (Å²) in [6.07, 6.45) is 12.5. The lowest BCUT2D eigenvalue weighted by Crippen LogP contribution is -2.18. The zero-order valence-electron chi connectivity index (χ0n) is 8.89. The Bertz CT molecular complexity index is 488. The molecule has 1 unspecified atom stereocenters. The number of rotatable bonds is 2. The van der Waals surface area contributed by atoms with Crippen molar-refractivity contribution in [3.8, 4) is 12.3 Å². The van der Waals surface area contributed by atoms with Crippen molar-refractivity contribution in [2.75, 3.05) is 0 Å². The van der Waals surface area contributed by atoms with E-state index in [4.69, 9.17) is 6.42 Å². The predicted octanol–water partition coefficient (Wildman–Crippen LogP) is 2.85. The van der Waals surface area contributed by atoms with Crippen molar-refractivity contribution in [1.29, 1.82) is 0 Å². The van der Waals surface area contributed by atoms with Crippen molar-refractivity contribution >= 4 is 11.9 Å². The molecule has 16 heavy (non-hydrogen) atoms. The Hall–Kier alpha value is -2.07. The molecule has 0 saturated carbocycles. The first-order chi connectivity index (χ1) is 7.79. The molecule has 0 aromatic heterocycles. The molecule has 1 atom stereocenters. The molecular formula is C15H12O. The van der Waals surface area contributed by atoms with Gasteiger partial charge in [-0.3, -0.25) is 0 Å². The van der Waals surface area contributed by atoms with Gasteiger partial charge < -0.3 is 4.79 Å². The Balaban J connectivity index is 2.27. The van der Waals surface area contributed by atoms with Gasteiger partial charge >= 0.3 is 0 Å². The largest absolute Gasteiger partial charge is 0.301 e. The number of hydrogen-bond acceptors (Lipinski definition) is 1. The molecule has 0 bridgehead atoms. The van der Waals surface area contributed by atoms with Crippen LogP contribution in [0.25, 0.3) is 5.57 Å². The quantitative estimate of drug-likeness (QED) is 0.539. The highest BCUT2D eigenvalue weighted by atomic mass is 16.1. The van der Waals surface area contributed by atoms with Crippen molar-refractivity contribution in [1.82, 2.24) is 0 Å². The van der Waals surface area contributed by atoms with Crippen molar-refractivity contribution in [3.05, 3.63) is 54.1 Å². The number of hydrogen-bond donors (Lipinski definition) is 0. The average Bonchev–Trinajstić information content (AvgIpc) is 2.40. The summed E-state index contributed by atoms with van der Waals surface area (Å²) >= 11 is 0. The van der Waals surface area contributed by atoms with Gasteiger partial charge in [0.2, 0.25) is 0 Å². The van der Waals surface area contributed by atoms with Gasteiger partial charge in [-0.15, -0.1) is 6.42 Å². The molecule has 0 radical (unpaired) electrons. The minimum atomic E-state index is -0.738. The van der Waals surface area contributed by atoms with Crippen molar-refractivity contribution in [2.24, 2.45) is 5.41 Å². The molecule has 1 aliphatic rings. The van der Waals surface area contributed by atoms with Crippen LogP contribution in [-0.2, 0) is 4.79 Å². The van der Waals surface area contributed by atoms with E-state index in [1.54, 1.807) is 0 Å². The van der Waals surface area contributed by atoms with Gasteiger partial charge in [-0.1, -0.05) is 54.5 Å². The van der Waals surface area contributed by atoms with Crippen LogP contribution in [0.3, 0.4) is 0 Å². The van der Waals surface area contributed by atoms with E-state index in [9.17, 15) is 4.79 Å². The van der Waals surface area contributed by atoms with E-state index in [1.165, 1.54) is 0 Å². The van der Waals surface area contributed by atoms with Crippen LogP contribution < -0.4 is 0 Å². The lowest BCUT2D eigenvalue weighted by atomic mass is 9.81. The second-order valence-electron chi connectivity index (χ2n) is 3.87. The van der Waals surface area contributed by atoms with Gasteiger partial charge in [0.15, 0.2) is 0 Å². The van der Waals surface area contributed by atoms with E-state index >= 15 is 0 Å². The van der Waals surface area contributed by atoms with Crippen molar-refractivity contribution in [3.63, 3.8) is 0 Å². The summed E-state index contributed by atoms with van der Waals surface area (Å²) in [5, 5.41) is 0. The van der Waals surface area contributed by atoms with Crippen LogP contribution in [0.15, 0.2) is 48.6 Å². The first-order valence-corrected chi connectivity index (χ1v) is 5.18.